The summed E-state index contributed by atoms with van der Waals surface area (Å²) >= 11 is 0. The lowest BCUT2D eigenvalue weighted by Crippen LogP contribution is -2.40. The second-order valence-corrected chi connectivity index (χ2v) is 6.49. The number of rotatable bonds is 2. The second-order valence-electron chi connectivity index (χ2n) is 6.49. The van der Waals surface area contributed by atoms with Crippen molar-refractivity contribution in [1.29, 1.82) is 0 Å². The lowest BCUT2D eigenvalue weighted by atomic mass is 9.93. The maximum Gasteiger partial charge on any atom is 0.321 e. The number of carbonyl (C=O) groups is 1. The Morgan fingerprint density at radius 3 is 2.80 bits per heavy atom. The number of hydrogen-bond acceptors (Lipinski definition) is 4. The zero-order valence-corrected chi connectivity index (χ0v) is 14.4. The van der Waals surface area contributed by atoms with Gasteiger partial charge in [-0.3, -0.25) is 4.68 Å². The van der Waals surface area contributed by atoms with Crippen molar-refractivity contribution in [2.75, 3.05) is 18.4 Å². The molecule has 0 aliphatic carbocycles. The first kappa shape index (κ1) is 15.7. The van der Waals surface area contributed by atoms with E-state index in [2.05, 4.69) is 21.5 Å². The summed E-state index contributed by atoms with van der Waals surface area (Å²) in [5.74, 6) is 1.08. The zero-order chi connectivity index (χ0) is 17.4. The van der Waals surface area contributed by atoms with Crippen LogP contribution in [0.3, 0.4) is 0 Å². The van der Waals surface area contributed by atoms with E-state index in [9.17, 15) is 4.79 Å². The number of amides is 2. The Balaban J connectivity index is 1.39. The van der Waals surface area contributed by atoms with Gasteiger partial charge in [-0.15, -0.1) is 0 Å². The number of anilines is 1. The van der Waals surface area contributed by atoms with Crippen molar-refractivity contribution in [2.45, 2.75) is 25.7 Å². The van der Waals surface area contributed by atoms with E-state index in [4.69, 9.17) is 4.42 Å². The lowest BCUT2D eigenvalue weighted by Gasteiger charge is -2.32. The van der Waals surface area contributed by atoms with Crippen LogP contribution < -0.4 is 5.32 Å². The molecule has 1 aliphatic heterocycles. The molecule has 25 heavy (non-hydrogen) atoms. The number of aryl methyl sites for hydroxylation is 2. The number of nitrogens with zero attached hydrogens (tertiary/aromatic N) is 4. The number of aromatic nitrogens is 3. The molecule has 2 aromatic heterocycles. The number of oxazole rings is 1. The van der Waals surface area contributed by atoms with Crippen LogP contribution in [0.4, 0.5) is 10.5 Å². The van der Waals surface area contributed by atoms with Crippen molar-refractivity contribution in [3.05, 3.63) is 42.0 Å². The van der Waals surface area contributed by atoms with Gasteiger partial charge in [-0.2, -0.15) is 5.10 Å². The molecule has 1 aliphatic rings. The van der Waals surface area contributed by atoms with E-state index in [1.807, 2.05) is 47.9 Å². The summed E-state index contributed by atoms with van der Waals surface area (Å²) < 4.78 is 7.44. The van der Waals surface area contributed by atoms with E-state index in [-0.39, 0.29) is 6.03 Å². The summed E-state index contributed by atoms with van der Waals surface area (Å²) in [4.78, 5) is 18.6. The topological polar surface area (TPSA) is 76.2 Å². The monoisotopic (exact) mass is 339 g/mol. The standard InChI is InChI=1S/C18H21N5O2/c1-12-20-15-4-3-14(11-17(15)25-12)21-18(24)23-9-6-13(7-10-23)16-5-8-19-22(16)2/h3-5,8,11,13H,6-7,9-10H2,1-2H3,(H,21,24). The van der Waals surface area contributed by atoms with Crippen LogP contribution in [-0.4, -0.2) is 38.8 Å². The molecule has 130 valence electrons. The molecule has 2 amide bonds. The average molecular weight is 339 g/mol. The van der Waals surface area contributed by atoms with Gasteiger partial charge in [0.25, 0.3) is 0 Å². The van der Waals surface area contributed by atoms with E-state index in [0.717, 1.165) is 37.1 Å². The van der Waals surface area contributed by atoms with Crippen LogP contribution in [0.1, 0.15) is 30.3 Å². The van der Waals surface area contributed by atoms with E-state index >= 15 is 0 Å². The Kier molecular flexibility index (Phi) is 3.91. The molecule has 1 fully saturated rings. The highest BCUT2D eigenvalue weighted by Gasteiger charge is 2.25. The molecule has 1 aromatic carbocycles. The highest BCUT2D eigenvalue weighted by Crippen LogP contribution is 2.28. The van der Waals surface area contributed by atoms with Crippen LogP contribution in [-0.2, 0) is 7.05 Å². The molecule has 4 rings (SSSR count). The minimum atomic E-state index is -0.0703. The molecule has 1 N–H and O–H groups in total. The maximum atomic E-state index is 12.5. The molecule has 0 radical (unpaired) electrons. The van der Waals surface area contributed by atoms with Gasteiger partial charge < -0.3 is 14.6 Å². The molecule has 0 spiro atoms. The van der Waals surface area contributed by atoms with Crippen LogP contribution in [0.2, 0.25) is 0 Å². The van der Waals surface area contributed by atoms with Crippen molar-refractivity contribution in [3.63, 3.8) is 0 Å². The number of hydrogen-bond donors (Lipinski definition) is 1. The van der Waals surface area contributed by atoms with Gasteiger partial charge in [-0.25, -0.2) is 9.78 Å². The van der Waals surface area contributed by atoms with Gasteiger partial charge in [0, 0.05) is 56.6 Å². The van der Waals surface area contributed by atoms with Crippen LogP contribution in [0.15, 0.2) is 34.9 Å². The zero-order valence-electron chi connectivity index (χ0n) is 14.4. The van der Waals surface area contributed by atoms with Crippen molar-refractivity contribution in [2.24, 2.45) is 7.05 Å². The first-order chi connectivity index (χ1) is 12.1. The molecule has 1 saturated heterocycles. The molecular weight excluding hydrogens is 318 g/mol. The number of likely N-dealkylation sites (tertiary alicyclic amines) is 1. The number of carbonyl (C=O) groups excluding carboxylic acids is 1. The number of piperidine rings is 1. The van der Waals surface area contributed by atoms with Crippen molar-refractivity contribution >= 4 is 22.8 Å². The van der Waals surface area contributed by atoms with Crippen LogP contribution in [0, 0.1) is 6.92 Å². The minimum Gasteiger partial charge on any atom is -0.441 e. The summed E-state index contributed by atoms with van der Waals surface area (Å²) in [6.45, 7) is 3.29. The highest BCUT2D eigenvalue weighted by atomic mass is 16.3. The first-order valence-corrected chi connectivity index (χ1v) is 8.51. The minimum absolute atomic E-state index is 0.0703. The first-order valence-electron chi connectivity index (χ1n) is 8.51. The number of fused-ring (bicyclic) bond motifs is 1. The molecule has 7 nitrogen and oxygen atoms in total. The van der Waals surface area contributed by atoms with Crippen LogP contribution >= 0.6 is 0 Å². The fourth-order valence-corrected chi connectivity index (χ4v) is 3.48. The van der Waals surface area contributed by atoms with E-state index in [1.54, 1.807) is 0 Å². The van der Waals surface area contributed by atoms with Gasteiger partial charge in [-0.05, 0) is 31.0 Å². The molecule has 0 atom stereocenters. The third-order valence-corrected chi connectivity index (χ3v) is 4.81. The van der Waals surface area contributed by atoms with Crippen LogP contribution in [0.5, 0.6) is 0 Å². The van der Waals surface area contributed by atoms with Gasteiger partial charge in [0.1, 0.15) is 5.52 Å². The molecule has 0 unspecified atom stereocenters. The summed E-state index contributed by atoms with van der Waals surface area (Å²) in [5.41, 5.74) is 3.45. The average Bonchev–Trinajstić information content (AvgIpc) is 3.19. The molecule has 3 heterocycles. The number of nitrogens with one attached hydrogen (secondary N) is 1. The fourth-order valence-electron chi connectivity index (χ4n) is 3.48. The van der Waals surface area contributed by atoms with E-state index < -0.39 is 0 Å². The summed E-state index contributed by atoms with van der Waals surface area (Å²) in [6, 6.07) is 7.52. The predicted molar refractivity (Wildman–Crippen MR) is 94.5 cm³/mol. The SMILES string of the molecule is Cc1nc2ccc(NC(=O)N3CCC(c4ccnn4C)CC3)cc2o1. The van der Waals surface area contributed by atoms with Crippen molar-refractivity contribution < 1.29 is 9.21 Å². The quantitative estimate of drug-likeness (QED) is 0.777. The van der Waals surface area contributed by atoms with Gasteiger partial charge in [-0.1, -0.05) is 0 Å². The third-order valence-electron chi connectivity index (χ3n) is 4.81. The van der Waals surface area contributed by atoms with E-state index in [1.165, 1.54) is 5.69 Å². The van der Waals surface area contributed by atoms with Crippen molar-refractivity contribution in [1.82, 2.24) is 19.7 Å². The summed E-state index contributed by atoms with van der Waals surface area (Å²) in [6.07, 6.45) is 3.73. The van der Waals surface area contributed by atoms with E-state index in [0.29, 0.717) is 17.4 Å². The van der Waals surface area contributed by atoms with Gasteiger partial charge in [0.2, 0.25) is 0 Å². The predicted octanol–water partition coefficient (Wildman–Crippen LogP) is 3.28. The molecular formula is C18H21N5O2. The lowest BCUT2D eigenvalue weighted by molar-refractivity contribution is 0.193. The fraction of sp³-hybridized carbons (Fsp3) is 0.389. The molecule has 0 saturated carbocycles. The maximum absolute atomic E-state index is 12.5. The Morgan fingerprint density at radius 1 is 1.28 bits per heavy atom. The number of urea groups is 1. The largest absolute Gasteiger partial charge is 0.441 e. The van der Waals surface area contributed by atoms with Gasteiger partial charge in [0.15, 0.2) is 11.5 Å². The Hall–Kier alpha value is -2.83. The smallest absolute Gasteiger partial charge is 0.321 e. The second kappa shape index (κ2) is 6.23. The summed E-state index contributed by atoms with van der Waals surface area (Å²) in [7, 11) is 1.97. The highest BCUT2D eigenvalue weighted by molar-refractivity contribution is 5.91. The Labute approximate surface area is 145 Å². The normalized spacial score (nSPS) is 15.7. The Bertz CT molecular complexity index is 905. The molecule has 0 bridgehead atoms. The van der Waals surface area contributed by atoms with Crippen molar-refractivity contribution in [3.8, 4) is 0 Å². The summed E-state index contributed by atoms with van der Waals surface area (Å²) in [5, 5.41) is 7.19. The molecule has 3 aromatic rings. The number of benzene rings is 1. The van der Waals surface area contributed by atoms with Crippen LogP contribution in [0.25, 0.3) is 11.1 Å². The third kappa shape index (κ3) is 3.09. The van der Waals surface area contributed by atoms with Gasteiger partial charge in [0.05, 0.1) is 0 Å². The molecule has 7 heteroatoms. The van der Waals surface area contributed by atoms with Gasteiger partial charge >= 0.3 is 6.03 Å². The Morgan fingerprint density at radius 2 is 2.08 bits per heavy atom.